The maximum Gasteiger partial charge on any atom is 0.340 e. The largest absolute Gasteiger partial charge is 0.465 e. The van der Waals surface area contributed by atoms with Gasteiger partial charge in [-0.1, -0.05) is 23.2 Å². The summed E-state index contributed by atoms with van der Waals surface area (Å²) in [5.41, 5.74) is 1.14. The predicted octanol–water partition coefficient (Wildman–Crippen LogP) is 4.96. The van der Waals surface area contributed by atoms with Crippen LogP contribution in [-0.4, -0.2) is 18.2 Å². The average Bonchev–Trinajstić information content (AvgIpc) is 2.82. The molecule has 2 rings (SSSR count). The molecular weight excluding hydrogens is 363 g/mol. The highest BCUT2D eigenvalue weighted by atomic mass is 35.5. The van der Waals surface area contributed by atoms with E-state index in [-0.39, 0.29) is 0 Å². The van der Waals surface area contributed by atoms with Gasteiger partial charge in [0.2, 0.25) is 0 Å². The Bertz CT molecular complexity index is 732. The van der Waals surface area contributed by atoms with Gasteiger partial charge in [0.15, 0.2) is 5.11 Å². The van der Waals surface area contributed by atoms with E-state index in [4.69, 9.17) is 40.2 Å². The van der Waals surface area contributed by atoms with Gasteiger partial charge in [-0.05, 0) is 43.4 Å². The summed E-state index contributed by atoms with van der Waals surface area (Å²) in [6, 6.07) is 6.84. The van der Waals surface area contributed by atoms with Crippen LogP contribution < -0.4 is 10.6 Å². The van der Waals surface area contributed by atoms with E-state index in [0.29, 0.717) is 31.4 Å². The predicted molar refractivity (Wildman–Crippen MR) is 96.7 cm³/mol. The highest BCUT2D eigenvalue weighted by molar-refractivity contribution is 7.80. The van der Waals surface area contributed by atoms with Crippen molar-refractivity contribution in [3.05, 3.63) is 44.8 Å². The maximum atomic E-state index is 11.7. The topological polar surface area (TPSA) is 50.4 Å². The molecule has 1 heterocycles. The van der Waals surface area contributed by atoms with Crippen molar-refractivity contribution in [2.75, 3.05) is 17.7 Å². The first-order valence-corrected chi connectivity index (χ1v) is 8.10. The Hall–Kier alpha value is -1.34. The lowest BCUT2D eigenvalue weighted by atomic mass is 10.3. The average molecular weight is 375 g/mol. The van der Waals surface area contributed by atoms with E-state index in [9.17, 15) is 4.79 Å². The third kappa shape index (κ3) is 4.10. The van der Waals surface area contributed by atoms with Gasteiger partial charge in [0, 0.05) is 10.6 Å². The third-order valence-corrected chi connectivity index (χ3v) is 4.57. The van der Waals surface area contributed by atoms with Crippen LogP contribution in [0.5, 0.6) is 0 Å². The molecule has 8 heteroatoms. The minimum Gasteiger partial charge on any atom is -0.465 e. The van der Waals surface area contributed by atoms with Crippen molar-refractivity contribution >= 4 is 68.5 Å². The number of thiophene rings is 1. The molecule has 0 unspecified atom stereocenters. The third-order valence-electron chi connectivity index (χ3n) is 2.67. The summed E-state index contributed by atoms with van der Waals surface area (Å²) in [7, 11) is 1.34. The normalized spacial score (nSPS) is 10.2. The van der Waals surface area contributed by atoms with Gasteiger partial charge >= 0.3 is 5.97 Å². The molecule has 0 radical (unpaired) electrons. The van der Waals surface area contributed by atoms with Crippen LogP contribution in [0.2, 0.25) is 10.0 Å². The van der Waals surface area contributed by atoms with Crippen LogP contribution >= 0.6 is 46.8 Å². The first kappa shape index (κ1) is 17.0. The molecule has 2 aromatic rings. The monoisotopic (exact) mass is 374 g/mol. The first-order chi connectivity index (χ1) is 10.4. The molecule has 0 saturated carbocycles. The molecule has 0 fully saturated rings. The van der Waals surface area contributed by atoms with Crippen LogP contribution in [0.25, 0.3) is 0 Å². The minimum atomic E-state index is -0.413. The van der Waals surface area contributed by atoms with Crippen molar-refractivity contribution in [2.24, 2.45) is 0 Å². The second kappa shape index (κ2) is 7.28. The highest BCUT2D eigenvalue weighted by Gasteiger charge is 2.16. The standard InChI is InChI=1S/C14H12Cl2N2O2S2/c1-7-5-9(13(19)20-2)12(22-7)18-14(21)17-8-3-4-10(15)11(16)6-8/h3-6H,1-2H3,(H2,17,18,21). The van der Waals surface area contributed by atoms with Crippen molar-refractivity contribution in [1.29, 1.82) is 0 Å². The number of anilines is 2. The van der Waals surface area contributed by atoms with E-state index in [0.717, 1.165) is 4.88 Å². The van der Waals surface area contributed by atoms with E-state index in [1.54, 1.807) is 24.3 Å². The van der Waals surface area contributed by atoms with Crippen LogP contribution in [-0.2, 0) is 4.74 Å². The van der Waals surface area contributed by atoms with E-state index >= 15 is 0 Å². The van der Waals surface area contributed by atoms with E-state index in [1.807, 2.05) is 6.92 Å². The van der Waals surface area contributed by atoms with E-state index < -0.39 is 5.97 Å². The molecular formula is C14H12Cl2N2O2S2. The Balaban J connectivity index is 2.12. The van der Waals surface area contributed by atoms with Gasteiger partial charge in [-0.3, -0.25) is 0 Å². The fourth-order valence-corrected chi connectivity index (χ4v) is 3.19. The van der Waals surface area contributed by atoms with Gasteiger partial charge in [-0.2, -0.15) is 0 Å². The number of carbonyl (C=O) groups excluding carboxylic acids is 1. The lowest BCUT2D eigenvalue weighted by molar-refractivity contribution is 0.0602. The number of aryl methyl sites for hydroxylation is 1. The number of nitrogens with one attached hydrogen (secondary N) is 2. The molecule has 1 aromatic heterocycles. The molecule has 0 aliphatic carbocycles. The summed E-state index contributed by atoms with van der Waals surface area (Å²) in [4.78, 5) is 12.7. The van der Waals surface area contributed by atoms with Gasteiger partial charge < -0.3 is 15.4 Å². The molecule has 0 saturated heterocycles. The number of esters is 1. The molecule has 1 aromatic carbocycles. The Morgan fingerprint density at radius 3 is 2.59 bits per heavy atom. The number of benzene rings is 1. The minimum absolute atomic E-state index is 0.338. The number of hydrogen-bond acceptors (Lipinski definition) is 4. The quantitative estimate of drug-likeness (QED) is 0.587. The smallest absolute Gasteiger partial charge is 0.340 e. The van der Waals surface area contributed by atoms with Crippen molar-refractivity contribution in [3.8, 4) is 0 Å². The summed E-state index contributed by atoms with van der Waals surface area (Å²) in [6.45, 7) is 1.90. The summed E-state index contributed by atoms with van der Waals surface area (Å²) < 4.78 is 4.75. The van der Waals surface area contributed by atoms with Crippen molar-refractivity contribution in [3.63, 3.8) is 0 Å². The molecule has 0 aliphatic rings. The van der Waals surface area contributed by atoms with Crippen LogP contribution in [0.15, 0.2) is 24.3 Å². The zero-order valence-electron chi connectivity index (χ0n) is 11.7. The Labute approximate surface area is 147 Å². The summed E-state index contributed by atoms with van der Waals surface area (Å²) in [5, 5.41) is 7.83. The molecule has 4 nitrogen and oxygen atoms in total. The van der Waals surface area contributed by atoms with Crippen molar-refractivity contribution in [2.45, 2.75) is 6.92 Å². The van der Waals surface area contributed by atoms with Gasteiger partial charge in [0.25, 0.3) is 0 Å². The summed E-state index contributed by atoms with van der Waals surface area (Å²) >= 11 is 18.5. The summed E-state index contributed by atoms with van der Waals surface area (Å²) in [5.74, 6) is -0.413. The number of methoxy groups -OCH3 is 1. The number of rotatable bonds is 3. The number of carbonyl (C=O) groups is 1. The van der Waals surface area contributed by atoms with E-state index in [2.05, 4.69) is 10.6 Å². The molecule has 0 atom stereocenters. The fourth-order valence-electron chi connectivity index (χ4n) is 1.71. The maximum absolute atomic E-state index is 11.7. The van der Waals surface area contributed by atoms with Crippen LogP contribution in [0.1, 0.15) is 15.2 Å². The summed E-state index contributed by atoms with van der Waals surface area (Å²) in [6.07, 6.45) is 0. The van der Waals surface area contributed by atoms with Gasteiger partial charge in [-0.15, -0.1) is 11.3 Å². The second-order valence-electron chi connectivity index (χ2n) is 4.30. The molecule has 2 N–H and O–H groups in total. The van der Waals surface area contributed by atoms with Crippen LogP contribution in [0, 0.1) is 6.92 Å². The molecule has 0 amide bonds. The van der Waals surface area contributed by atoms with Gasteiger partial charge in [0.05, 0.1) is 22.7 Å². The van der Waals surface area contributed by atoms with Crippen LogP contribution in [0.3, 0.4) is 0 Å². The molecule has 0 spiro atoms. The zero-order chi connectivity index (χ0) is 16.3. The fraction of sp³-hybridized carbons (Fsp3) is 0.143. The lowest BCUT2D eigenvalue weighted by Gasteiger charge is -2.11. The second-order valence-corrected chi connectivity index (χ2v) is 6.78. The highest BCUT2D eigenvalue weighted by Crippen LogP contribution is 2.29. The lowest BCUT2D eigenvalue weighted by Crippen LogP contribution is -2.19. The number of hydrogen-bond donors (Lipinski definition) is 2. The Morgan fingerprint density at radius 1 is 1.23 bits per heavy atom. The molecule has 0 aliphatic heterocycles. The van der Waals surface area contributed by atoms with Crippen molar-refractivity contribution in [1.82, 2.24) is 0 Å². The first-order valence-electron chi connectivity index (χ1n) is 6.12. The van der Waals surface area contributed by atoms with Crippen LogP contribution in [0.4, 0.5) is 10.7 Å². The van der Waals surface area contributed by atoms with E-state index in [1.165, 1.54) is 18.4 Å². The number of halogens is 2. The molecule has 22 heavy (non-hydrogen) atoms. The van der Waals surface area contributed by atoms with Crippen molar-refractivity contribution < 1.29 is 9.53 Å². The zero-order valence-corrected chi connectivity index (χ0v) is 14.8. The number of thiocarbonyl (C=S) groups is 1. The van der Waals surface area contributed by atoms with Gasteiger partial charge in [0.1, 0.15) is 5.00 Å². The van der Waals surface area contributed by atoms with Gasteiger partial charge in [-0.25, -0.2) is 4.79 Å². The SMILES string of the molecule is COC(=O)c1cc(C)sc1NC(=S)Nc1ccc(Cl)c(Cl)c1. The number of ether oxygens (including phenoxy) is 1. The Morgan fingerprint density at radius 2 is 1.95 bits per heavy atom. The molecule has 0 bridgehead atoms. The Kier molecular flexibility index (Phi) is 5.63. The molecule has 116 valence electrons.